The molecule has 98 valence electrons. The van der Waals surface area contributed by atoms with Crippen molar-refractivity contribution in [1.29, 1.82) is 0 Å². The molecule has 0 aromatic carbocycles. The van der Waals surface area contributed by atoms with Crippen LogP contribution in [-0.2, 0) is 12.6 Å². The highest BCUT2D eigenvalue weighted by molar-refractivity contribution is 5.30. The summed E-state index contributed by atoms with van der Waals surface area (Å²) in [5.41, 5.74) is -0.213. The molecule has 0 radical (unpaired) electrons. The van der Waals surface area contributed by atoms with E-state index in [4.69, 9.17) is 4.74 Å². The van der Waals surface area contributed by atoms with Gasteiger partial charge in [-0.2, -0.15) is 5.10 Å². The molecule has 1 aromatic heterocycles. The summed E-state index contributed by atoms with van der Waals surface area (Å²) in [4.78, 5) is 0. The summed E-state index contributed by atoms with van der Waals surface area (Å²) in [6.45, 7) is 5.66. The van der Waals surface area contributed by atoms with Crippen molar-refractivity contribution in [1.82, 2.24) is 15.1 Å². The molecule has 5 nitrogen and oxygen atoms in total. The Balaban J connectivity index is 2.70. The van der Waals surface area contributed by atoms with Crippen molar-refractivity contribution in [2.75, 3.05) is 20.2 Å². The van der Waals surface area contributed by atoms with Gasteiger partial charge in [0.15, 0.2) is 5.75 Å². The van der Waals surface area contributed by atoms with Gasteiger partial charge in [0.25, 0.3) is 0 Å². The van der Waals surface area contributed by atoms with Crippen LogP contribution in [0.4, 0.5) is 0 Å². The fourth-order valence-electron chi connectivity index (χ4n) is 1.93. The number of ether oxygens (including phenoxy) is 1. The topological polar surface area (TPSA) is 59.3 Å². The Hall–Kier alpha value is -1.07. The first-order valence-corrected chi connectivity index (χ1v) is 6.02. The lowest BCUT2D eigenvalue weighted by Gasteiger charge is -2.24. The zero-order valence-electron chi connectivity index (χ0n) is 11.2. The fourth-order valence-corrected chi connectivity index (χ4v) is 1.93. The van der Waals surface area contributed by atoms with Gasteiger partial charge in [0, 0.05) is 7.05 Å². The van der Waals surface area contributed by atoms with Crippen LogP contribution < -0.4 is 10.1 Å². The number of hydrogen-bond acceptors (Lipinski definition) is 4. The van der Waals surface area contributed by atoms with Crippen molar-refractivity contribution in [2.24, 2.45) is 7.05 Å². The van der Waals surface area contributed by atoms with Gasteiger partial charge in [0.05, 0.1) is 13.3 Å². The Kier molecular flexibility index (Phi) is 4.96. The maximum Gasteiger partial charge on any atom is 0.162 e. The summed E-state index contributed by atoms with van der Waals surface area (Å²) >= 11 is 0. The van der Waals surface area contributed by atoms with E-state index in [2.05, 4.69) is 17.3 Å². The van der Waals surface area contributed by atoms with Gasteiger partial charge in [-0.05, 0) is 32.9 Å². The molecule has 0 saturated carbocycles. The molecule has 0 saturated heterocycles. The second kappa shape index (κ2) is 6.02. The van der Waals surface area contributed by atoms with Crippen LogP contribution in [0.5, 0.6) is 5.75 Å². The van der Waals surface area contributed by atoms with Gasteiger partial charge in [0.1, 0.15) is 11.3 Å². The molecule has 1 atom stereocenters. The van der Waals surface area contributed by atoms with E-state index in [-0.39, 0.29) is 0 Å². The number of aryl methyl sites for hydroxylation is 1. The minimum absolute atomic E-state index is 0.628. The van der Waals surface area contributed by atoms with Crippen molar-refractivity contribution in [3.8, 4) is 5.75 Å². The molecular formula is C12H23N3O2. The zero-order chi connectivity index (χ0) is 12.9. The number of methoxy groups -OCH3 is 1. The highest BCUT2D eigenvalue weighted by Crippen LogP contribution is 2.31. The second-order valence-corrected chi connectivity index (χ2v) is 4.46. The van der Waals surface area contributed by atoms with Crippen LogP contribution >= 0.6 is 0 Å². The van der Waals surface area contributed by atoms with Gasteiger partial charge in [-0.25, -0.2) is 0 Å². The molecule has 2 N–H and O–H groups in total. The predicted molar refractivity (Wildman–Crippen MR) is 67.1 cm³/mol. The summed E-state index contributed by atoms with van der Waals surface area (Å²) in [5, 5.41) is 17.9. The van der Waals surface area contributed by atoms with Gasteiger partial charge < -0.3 is 15.2 Å². The number of hydrogen-bond donors (Lipinski definition) is 2. The lowest BCUT2D eigenvalue weighted by molar-refractivity contribution is 0.0372. The Bertz CT molecular complexity index is 348. The van der Waals surface area contributed by atoms with E-state index < -0.39 is 5.60 Å². The van der Waals surface area contributed by atoms with E-state index in [0.717, 1.165) is 25.2 Å². The van der Waals surface area contributed by atoms with Crippen LogP contribution in [0.25, 0.3) is 0 Å². The fraction of sp³-hybridized carbons (Fsp3) is 0.750. The molecule has 0 amide bonds. The average molecular weight is 241 g/mol. The lowest BCUT2D eigenvalue weighted by atomic mass is 9.97. The molecule has 1 aromatic rings. The Labute approximate surface area is 103 Å². The van der Waals surface area contributed by atoms with Crippen molar-refractivity contribution in [2.45, 2.75) is 32.3 Å². The minimum Gasteiger partial charge on any atom is -0.493 e. The summed E-state index contributed by atoms with van der Waals surface area (Å²) in [6, 6.07) is 0. The average Bonchev–Trinajstić information content (AvgIpc) is 2.66. The first-order valence-electron chi connectivity index (χ1n) is 6.02. The number of rotatable bonds is 7. The third-order valence-corrected chi connectivity index (χ3v) is 2.85. The molecule has 17 heavy (non-hydrogen) atoms. The summed E-state index contributed by atoms with van der Waals surface area (Å²) < 4.78 is 6.88. The highest BCUT2D eigenvalue weighted by Gasteiger charge is 2.30. The third kappa shape index (κ3) is 3.44. The maximum atomic E-state index is 10.5. The van der Waals surface area contributed by atoms with Crippen LogP contribution in [0.15, 0.2) is 6.20 Å². The molecule has 1 unspecified atom stereocenters. The molecule has 0 bridgehead atoms. The Morgan fingerprint density at radius 2 is 2.24 bits per heavy atom. The van der Waals surface area contributed by atoms with Crippen molar-refractivity contribution >= 4 is 0 Å². The van der Waals surface area contributed by atoms with Crippen molar-refractivity contribution < 1.29 is 9.84 Å². The Morgan fingerprint density at radius 1 is 1.53 bits per heavy atom. The van der Waals surface area contributed by atoms with Crippen LogP contribution in [0.2, 0.25) is 0 Å². The van der Waals surface area contributed by atoms with Crippen LogP contribution in [0.3, 0.4) is 0 Å². The maximum absolute atomic E-state index is 10.5. The van der Waals surface area contributed by atoms with Crippen molar-refractivity contribution in [3.05, 3.63) is 11.9 Å². The largest absolute Gasteiger partial charge is 0.493 e. The molecule has 5 heteroatoms. The zero-order valence-corrected chi connectivity index (χ0v) is 11.2. The highest BCUT2D eigenvalue weighted by atomic mass is 16.5. The molecular weight excluding hydrogens is 218 g/mol. The van der Waals surface area contributed by atoms with Gasteiger partial charge in [0.2, 0.25) is 0 Å². The Morgan fingerprint density at radius 3 is 2.82 bits per heavy atom. The first kappa shape index (κ1) is 14.0. The molecule has 0 aliphatic rings. The standard InChI is InChI=1S/C12H23N3O2/c1-5-7-13-8-6-12(2,16)11-10(17-4)9-14-15(11)3/h9,13,16H,5-8H2,1-4H3. The van der Waals surface area contributed by atoms with Crippen LogP contribution in [-0.4, -0.2) is 35.1 Å². The van der Waals surface area contributed by atoms with Gasteiger partial charge >= 0.3 is 0 Å². The molecule has 1 rings (SSSR count). The van der Waals surface area contributed by atoms with E-state index in [1.165, 1.54) is 0 Å². The molecule has 0 aliphatic heterocycles. The van der Waals surface area contributed by atoms with Gasteiger partial charge in [-0.3, -0.25) is 4.68 Å². The van der Waals surface area contributed by atoms with E-state index >= 15 is 0 Å². The van der Waals surface area contributed by atoms with E-state index in [0.29, 0.717) is 12.2 Å². The van der Waals surface area contributed by atoms with E-state index in [9.17, 15) is 5.11 Å². The van der Waals surface area contributed by atoms with Gasteiger partial charge in [-0.1, -0.05) is 6.92 Å². The molecule has 0 fully saturated rings. The SMILES string of the molecule is CCCNCCC(C)(O)c1c(OC)cnn1C. The van der Waals surface area contributed by atoms with Crippen molar-refractivity contribution in [3.63, 3.8) is 0 Å². The van der Waals surface area contributed by atoms with E-state index in [1.807, 2.05) is 7.05 Å². The van der Waals surface area contributed by atoms with Crippen LogP contribution in [0, 0.1) is 0 Å². The molecule has 0 aliphatic carbocycles. The molecule has 0 spiro atoms. The predicted octanol–water partition coefficient (Wildman–Crippen LogP) is 1.03. The number of nitrogens with one attached hydrogen (secondary N) is 1. The quantitative estimate of drug-likeness (QED) is 0.700. The second-order valence-electron chi connectivity index (χ2n) is 4.46. The summed E-state index contributed by atoms with van der Waals surface area (Å²) in [7, 11) is 3.40. The smallest absolute Gasteiger partial charge is 0.162 e. The normalized spacial score (nSPS) is 14.6. The summed E-state index contributed by atoms with van der Waals surface area (Å²) in [6.07, 6.45) is 3.35. The monoisotopic (exact) mass is 241 g/mol. The minimum atomic E-state index is -0.933. The van der Waals surface area contributed by atoms with Crippen LogP contribution in [0.1, 0.15) is 32.4 Å². The van der Waals surface area contributed by atoms with Gasteiger partial charge in [-0.15, -0.1) is 0 Å². The molecule has 1 heterocycles. The number of aliphatic hydroxyl groups is 1. The third-order valence-electron chi connectivity index (χ3n) is 2.85. The number of aromatic nitrogens is 2. The lowest BCUT2D eigenvalue weighted by Crippen LogP contribution is -2.30. The number of nitrogens with zero attached hydrogens (tertiary/aromatic N) is 2. The summed E-state index contributed by atoms with van der Waals surface area (Å²) in [5.74, 6) is 0.632. The first-order chi connectivity index (χ1) is 8.03. The van der Waals surface area contributed by atoms with E-state index in [1.54, 1.807) is 24.9 Å².